The van der Waals surface area contributed by atoms with Crippen molar-refractivity contribution >= 4 is 34.4 Å². The zero-order valence-corrected chi connectivity index (χ0v) is 13.7. The molecule has 0 unspecified atom stereocenters. The quantitative estimate of drug-likeness (QED) is 0.602. The highest BCUT2D eigenvalue weighted by Crippen LogP contribution is 2.22. The SMILES string of the molecule is Clc1cccnc1-n1cc(Nc2ccnc(-c3nccs3)n2)cn1. The minimum atomic E-state index is 0.528. The molecular formula is C15H10ClN7S. The highest BCUT2D eigenvalue weighted by molar-refractivity contribution is 7.13. The first-order valence-electron chi connectivity index (χ1n) is 6.95. The van der Waals surface area contributed by atoms with Crippen LogP contribution in [0.15, 0.2) is 54.6 Å². The molecule has 4 aromatic heterocycles. The van der Waals surface area contributed by atoms with Gasteiger partial charge in [0.2, 0.25) is 0 Å². The van der Waals surface area contributed by atoms with Crippen molar-refractivity contribution in [3.8, 4) is 16.6 Å². The van der Waals surface area contributed by atoms with Gasteiger partial charge in [-0.1, -0.05) is 11.6 Å². The summed E-state index contributed by atoms with van der Waals surface area (Å²) in [7, 11) is 0. The summed E-state index contributed by atoms with van der Waals surface area (Å²) >= 11 is 7.63. The van der Waals surface area contributed by atoms with Crippen molar-refractivity contribution < 1.29 is 0 Å². The maximum absolute atomic E-state index is 6.14. The molecule has 0 bridgehead atoms. The van der Waals surface area contributed by atoms with E-state index >= 15 is 0 Å². The molecule has 24 heavy (non-hydrogen) atoms. The van der Waals surface area contributed by atoms with Crippen molar-refractivity contribution in [2.45, 2.75) is 0 Å². The molecule has 0 saturated heterocycles. The molecule has 4 rings (SSSR count). The maximum atomic E-state index is 6.14. The van der Waals surface area contributed by atoms with Crippen LogP contribution in [0.25, 0.3) is 16.6 Å². The van der Waals surface area contributed by atoms with Crippen molar-refractivity contribution in [3.05, 3.63) is 59.6 Å². The third-order valence-corrected chi connectivity index (χ3v) is 4.15. The van der Waals surface area contributed by atoms with E-state index in [0.717, 1.165) is 10.7 Å². The molecule has 118 valence electrons. The number of anilines is 2. The topological polar surface area (TPSA) is 81.4 Å². The van der Waals surface area contributed by atoms with Gasteiger partial charge in [-0.2, -0.15) is 5.10 Å². The summed E-state index contributed by atoms with van der Waals surface area (Å²) in [6, 6.07) is 5.32. The summed E-state index contributed by atoms with van der Waals surface area (Å²) in [5.41, 5.74) is 0.764. The molecule has 0 radical (unpaired) electrons. The summed E-state index contributed by atoms with van der Waals surface area (Å²) < 4.78 is 1.60. The van der Waals surface area contributed by atoms with Crippen LogP contribution in [0.1, 0.15) is 0 Å². The molecule has 9 heteroatoms. The monoisotopic (exact) mass is 355 g/mol. The van der Waals surface area contributed by atoms with Crippen molar-refractivity contribution in [2.75, 3.05) is 5.32 Å². The zero-order chi connectivity index (χ0) is 16.4. The largest absolute Gasteiger partial charge is 0.338 e. The summed E-state index contributed by atoms with van der Waals surface area (Å²) in [6.45, 7) is 0. The molecule has 0 saturated carbocycles. The Balaban J connectivity index is 1.59. The standard InChI is InChI=1S/C15H10ClN7S/c16-11-2-1-4-18-14(11)23-9-10(8-20-23)21-12-3-5-17-13(22-12)15-19-6-7-24-15/h1-9H,(H,17,21,22). The summed E-state index contributed by atoms with van der Waals surface area (Å²) in [6.07, 6.45) is 8.55. The Labute approximate surface area is 146 Å². The molecule has 4 heterocycles. The number of nitrogens with zero attached hydrogens (tertiary/aromatic N) is 6. The van der Waals surface area contributed by atoms with Gasteiger partial charge >= 0.3 is 0 Å². The average Bonchev–Trinajstić information content (AvgIpc) is 3.27. The number of pyridine rings is 1. The second-order valence-corrected chi connectivity index (χ2v) is 6.01. The lowest BCUT2D eigenvalue weighted by molar-refractivity contribution is 0.847. The lowest BCUT2D eigenvalue weighted by Gasteiger charge is -2.04. The van der Waals surface area contributed by atoms with Crippen LogP contribution in [-0.2, 0) is 0 Å². The third-order valence-electron chi connectivity index (χ3n) is 3.09. The predicted octanol–water partition coefficient (Wildman–Crippen LogP) is 3.58. The van der Waals surface area contributed by atoms with Gasteiger partial charge in [-0.3, -0.25) is 0 Å². The first kappa shape index (κ1) is 14.7. The first-order valence-corrected chi connectivity index (χ1v) is 8.21. The van der Waals surface area contributed by atoms with Gasteiger partial charge in [0, 0.05) is 24.0 Å². The van der Waals surface area contributed by atoms with E-state index in [1.807, 2.05) is 5.38 Å². The van der Waals surface area contributed by atoms with E-state index in [4.69, 9.17) is 11.6 Å². The lowest BCUT2D eigenvalue weighted by atomic mass is 10.4. The number of aromatic nitrogens is 6. The van der Waals surface area contributed by atoms with E-state index in [-0.39, 0.29) is 0 Å². The van der Waals surface area contributed by atoms with Gasteiger partial charge in [0.1, 0.15) is 5.82 Å². The summed E-state index contributed by atoms with van der Waals surface area (Å²) in [5.74, 6) is 1.80. The highest BCUT2D eigenvalue weighted by atomic mass is 35.5. The van der Waals surface area contributed by atoms with Crippen LogP contribution in [-0.4, -0.2) is 29.7 Å². The van der Waals surface area contributed by atoms with Crippen LogP contribution in [0.4, 0.5) is 11.5 Å². The number of thiazole rings is 1. The van der Waals surface area contributed by atoms with Crippen LogP contribution in [0.5, 0.6) is 0 Å². The Morgan fingerprint density at radius 1 is 1.08 bits per heavy atom. The predicted molar refractivity (Wildman–Crippen MR) is 92.8 cm³/mol. The molecule has 0 aliphatic carbocycles. The van der Waals surface area contributed by atoms with Crippen LogP contribution in [0.3, 0.4) is 0 Å². The molecule has 1 N–H and O–H groups in total. The van der Waals surface area contributed by atoms with Crippen molar-refractivity contribution in [1.82, 2.24) is 29.7 Å². The van der Waals surface area contributed by atoms with E-state index in [0.29, 0.717) is 22.5 Å². The number of halogens is 1. The summed E-state index contributed by atoms with van der Waals surface area (Å²) in [5, 5.41) is 10.6. The van der Waals surface area contributed by atoms with Crippen molar-refractivity contribution in [1.29, 1.82) is 0 Å². The van der Waals surface area contributed by atoms with E-state index in [9.17, 15) is 0 Å². The molecule has 0 atom stereocenters. The molecule has 0 aliphatic rings. The van der Waals surface area contributed by atoms with Gasteiger partial charge in [0.05, 0.1) is 23.1 Å². The Bertz CT molecular complexity index is 967. The molecule has 0 amide bonds. The van der Waals surface area contributed by atoms with Gasteiger partial charge < -0.3 is 5.32 Å². The molecule has 0 fully saturated rings. The molecule has 0 aliphatic heterocycles. The minimum absolute atomic E-state index is 0.528. The van der Waals surface area contributed by atoms with Crippen LogP contribution >= 0.6 is 22.9 Å². The Morgan fingerprint density at radius 3 is 2.88 bits per heavy atom. The summed E-state index contributed by atoms with van der Waals surface area (Å²) in [4.78, 5) is 17.1. The second kappa shape index (κ2) is 6.34. The van der Waals surface area contributed by atoms with Crippen molar-refractivity contribution in [2.24, 2.45) is 0 Å². The van der Waals surface area contributed by atoms with E-state index in [2.05, 4.69) is 30.4 Å². The smallest absolute Gasteiger partial charge is 0.190 e. The molecule has 0 spiro atoms. The van der Waals surface area contributed by atoms with E-state index in [1.54, 1.807) is 53.9 Å². The minimum Gasteiger partial charge on any atom is -0.338 e. The first-order chi connectivity index (χ1) is 11.8. The van der Waals surface area contributed by atoms with Crippen LogP contribution in [0.2, 0.25) is 5.02 Å². The van der Waals surface area contributed by atoms with Crippen LogP contribution < -0.4 is 5.32 Å². The number of rotatable bonds is 4. The Kier molecular flexibility index (Phi) is 3.89. The van der Waals surface area contributed by atoms with E-state index < -0.39 is 0 Å². The Hall–Kier alpha value is -2.84. The molecular weight excluding hydrogens is 346 g/mol. The number of hydrogen-bond acceptors (Lipinski definition) is 7. The number of nitrogens with one attached hydrogen (secondary N) is 1. The van der Waals surface area contributed by atoms with Gasteiger partial charge in [-0.15, -0.1) is 11.3 Å². The highest BCUT2D eigenvalue weighted by Gasteiger charge is 2.08. The lowest BCUT2D eigenvalue weighted by Crippen LogP contribution is -1.98. The van der Waals surface area contributed by atoms with Gasteiger partial charge in [-0.25, -0.2) is 24.6 Å². The normalized spacial score (nSPS) is 10.7. The fourth-order valence-corrected chi connectivity index (χ4v) is 2.85. The van der Waals surface area contributed by atoms with E-state index in [1.165, 1.54) is 11.3 Å². The molecule has 7 nitrogen and oxygen atoms in total. The number of hydrogen-bond donors (Lipinski definition) is 1. The van der Waals surface area contributed by atoms with Crippen molar-refractivity contribution in [3.63, 3.8) is 0 Å². The average molecular weight is 356 g/mol. The van der Waals surface area contributed by atoms with Gasteiger partial charge in [0.15, 0.2) is 16.6 Å². The Morgan fingerprint density at radius 2 is 2.04 bits per heavy atom. The molecule has 0 aromatic carbocycles. The van der Waals surface area contributed by atoms with Gasteiger partial charge in [-0.05, 0) is 18.2 Å². The fraction of sp³-hybridized carbons (Fsp3) is 0. The zero-order valence-electron chi connectivity index (χ0n) is 12.2. The maximum Gasteiger partial charge on any atom is 0.190 e. The fourth-order valence-electron chi connectivity index (χ4n) is 2.06. The van der Waals surface area contributed by atoms with Crippen LogP contribution in [0, 0.1) is 0 Å². The molecule has 4 aromatic rings. The van der Waals surface area contributed by atoms with Gasteiger partial charge in [0.25, 0.3) is 0 Å². The second-order valence-electron chi connectivity index (χ2n) is 4.71. The third kappa shape index (κ3) is 2.97.